The normalized spacial score (nSPS) is 14.9. The largest absolute Gasteiger partial charge is 0.413 e. The maximum atomic E-state index is 13.8. The molecule has 0 aromatic heterocycles. The predicted octanol–water partition coefficient (Wildman–Crippen LogP) is -0.673. The molecule has 0 unspecified atom stereocenters. The van der Waals surface area contributed by atoms with Crippen LogP contribution in [-0.2, 0) is 20.9 Å². The first-order chi connectivity index (χ1) is 23.4. The van der Waals surface area contributed by atoms with Crippen molar-refractivity contribution >= 4 is 41.6 Å². The van der Waals surface area contributed by atoms with Gasteiger partial charge in [0.2, 0.25) is 17.7 Å². The van der Waals surface area contributed by atoms with E-state index in [0.29, 0.717) is 37.0 Å². The minimum absolute atomic E-state index is 0.0706. The molecule has 0 saturated carbocycles. The number of hydrogen-bond donors (Lipinski definition) is 9. The third-order valence-electron chi connectivity index (χ3n) is 7.64. The van der Waals surface area contributed by atoms with E-state index in [9.17, 15) is 19.2 Å². The highest BCUT2D eigenvalue weighted by Crippen LogP contribution is 2.21. The molecular weight excluding hydrogens is 632 g/mol. The quantitative estimate of drug-likeness (QED) is 0.0577. The molecule has 1 fully saturated rings. The predicted molar refractivity (Wildman–Crippen MR) is 185 cm³/mol. The maximum absolute atomic E-state index is 13.8. The summed E-state index contributed by atoms with van der Waals surface area (Å²) in [7, 11) is 0. The minimum atomic E-state index is -1.04. The molecule has 1 aliphatic rings. The van der Waals surface area contributed by atoms with Crippen molar-refractivity contribution in [1.29, 1.82) is 5.41 Å². The van der Waals surface area contributed by atoms with Crippen LogP contribution in [0.15, 0.2) is 64.6 Å². The second-order valence-electron chi connectivity index (χ2n) is 11.4. The number of likely N-dealkylation sites (tertiary alicyclic amines) is 1. The molecule has 49 heavy (non-hydrogen) atoms. The Labute approximate surface area is 284 Å². The number of nitrogens with zero attached hydrogens (tertiary/aromatic N) is 3. The van der Waals surface area contributed by atoms with E-state index in [-0.39, 0.29) is 56.8 Å². The number of amidine groups is 1. The van der Waals surface area contributed by atoms with Gasteiger partial charge in [-0.1, -0.05) is 42.5 Å². The topological polar surface area (TPSA) is 296 Å². The van der Waals surface area contributed by atoms with Gasteiger partial charge in [-0.15, -0.1) is 0 Å². The molecule has 0 radical (unpaired) electrons. The molecule has 0 bridgehead atoms. The fraction of sp³-hybridized carbons (Fsp3) is 0.406. The molecule has 17 nitrogen and oxygen atoms in total. The molecule has 0 aliphatic carbocycles. The zero-order valence-corrected chi connectivity index (χ0v) is 27.3. The lowest BCUT2D eigenvalue weighted by Gasteiger charge is -2.29. The van der Waals surface area contributed by atoms with Crippen molar-refractivity contribution in [2.75, 3.05) is 19.6 Å². The molecule has 3 rings (SSSR count). The van der Waals surface area contributed by atoms with Gasteiger partial charge in [0, 0.05) is 31.7 Å². The van der Waals surface area contributed by atoms with E-state index in [2.05, 4.69) is 25.9 Å². The summed E-state index contributed by atoms with van der Waals surface area (Å²) in [5, 5.41) is 15.8. The van der Waals surface area contributed by atoms with Gasteiger partial charge in [-0.3, -0.25) is 29.8 Å². The van der Waals surface area contributed by atoms with Gasteiger partial charge in [-0.25, -0.2) is 4.79 Å². The average molecular weight is 679 g/mol. The monoisotopic (exact) mass is 678 g/mol. The number of carbonyl (C=O) groups is 4. The molecule has 4 amide bonds. The smallest absolute Gasteiger partial charge is 0.410 e. The number of rotatable bonds is 17. The fourth-order valence-electron chi connectivity index (χ4n) is 5.19. The summed E-state index contributed by atoms with van der Waals surface area (Å²) < 4.78 is 5.34. The van der Waals surface area contributed by atoms with Gasteiger partial charge >= 0.3 is 6.09 Å². The van der Waals surface area contributed by atoms with Crippen molar-refractivity contribution < 1.29 is 23.9 Å². The number of amides is 4. The standard InChI is InChI=1S/C32H46N12O5/c33-26(34)21-14-12-20(13-15-21)19-41-27(45)23(9-4-16-39-30(35)36)42-28(46)25-11-6-18-44(25)29(47)24(10-5-17-40-31(37)38)43-32(48)49-22-7-2-1-3-8-22/h1-3,7-8,12-15,23-25H,4-6,9-11,16-19H2,(H3,33,34)(H,41,45)(H,42,46)(H,43,48)(H4,35,36,39)(H4,37,38,40)/t23-,24-,25-/m0/s1. The number of para-hydroxylation sites is 1. The summed E-state index contributed by atoms with van der Waals surface area (Å²) >= 11 is 0. The average Bonchev–Trinajstić information content (AvgIpc) is 3.57. The molecule has 1 heterocycles. The first kappa shape index (κ1) is 37.6. The van der Waals surface area contributed by atoms with Crippen LogP contribution in [0.3, 0.4) is 0 Å². The summed E-state index contributed by atoms with van der Waals surface area (Å²) in [6.45, 7) is 0.906. The SMILES string of the molecule is N=C(N)c1ccc(CNC(=O)[C@H](CCCN=C(N)N)NC(=O)[C@@H]2CCCN2C(=O)[C@H](CCCN=C(N)N)NC(=O)Oc2ccccc2)cc1. The highest BCUT2D eigenvalue weighted by molar-refractivity contribution is 5.95. The number of carbonyl (C=O) groups excluding carboxylic acids is 4. The third kappa shape index (κ3) is 12.7. The first-order valence-electron chi connectivity index (χ1n) is 15.9. The fourth-order valence-corrected chi connectivity index (χ4v) is 5.19. The summed E-state index contributed by atoms with van der Waals surface area (Å²) in [6.07, 6.45) is 1.21. The summed E-state index contributed by atoms with van der Waals surface area (Å²) in [6, 6.07) is 12.3. The van der Waals surface area contributed by atoms with Gasteiger partial charge < -0.3 is 54.3 Å². The van der Waals surface area contributed by atoms with Crippen LogP contribution < -0.4 is 49.4 Å². The molecule has 17 heteroatoms. The number of nitrogens with one attached hydrogen (secondary N) is 4. The first-order valence-corrected chi connectivity index (χ1v) is 15.9. The Morgan fingerprint density at radius 3 is 2.06 bits per heavy atom. The Morgan fingerprint density at radius 1 is 0.857 bits per heavy atom. The van der Waals surface area contributed by atoms with Gasteiger partial charge in [0.25, 0.3) is 0 Å². The lowest BCUT2D eigenvalue weighted by molar-refractivity contribution is -0.141. The number of benzene rings is 2. The maximum Gasteiger partial charge on any atom is 0.413 e. The molecule has 14 N–H and O–H groups in total. The van der Waals surface area contributed by atoms with Crippen LogP contribution in [0, 0.1) is 5.41 Å². The van der Waals surface area contributed by atoms with Crippen molar-refractivity contribution in [3.05, 3.63) is 65.7 Å². The zero-order valence-electron chi connectivity index (χ0n) is 27.3. The number of ether oxygens (including phenoxy) is 1. The molecule has 1 saturated heterocycles. The van der Waals surface area contributed by atoms with Crippen LogP contribution in [0.4, 0.5) is 4.79 Å². The van der Waals surface area contributed by atoms with Crippen molar-refractivity contribution in [2.45, 2.75) is 63.2 Å². The van der Waals surface area contributed by atoms with Crippen LogP contribution in [0.25, 0.3) is 0 Å². The second kappa shape index (κ2) is 19.1. The Morgan fingerprint density at radius 2 is 1.47 bits per heavy atom. The second-order valence-corrected chi connectivity index (χ2v) is 11.4. The van der Waals surface area contributed by atoms with Gasteiger partial charge in [-0.05, 0) is 56.2 Å². The Balaban J connectivity index is 1.71. The van der Waals surface area contributed by atoms with E-state index in [0.717, 1.165) is 5.56 Å². The zero-order chi connectivity index (χ0) is 35.8. The molecule has 3 atom stereocenters. The Hall–Kier alpha value is -5.87. The van der Waals surface area contributed by atoms with E-state index in [4.69, 9.17) is 38.8 Å². The minimum Gasteiger partial charge on any atom is -0.410 e. The van der Waals surface area contributed by atoms with Crippen molar-refractivity contribution in [1.82, 2.24) is 20.9 Å². The third-order valence-corrected chi connectivity index (χ3v) is 7.64. The molecule has 0 spiro atoms. The van der Waals surface area contributed by atoms with Gasteiger partial charge in [0.05, 0.1) is 0 Å². The molecular formula is C32H46N12O5. The number of aliphatic imine (C=N–C) groups is 2. The summed E-state index contributed by atoms with van der Waals surface area (Å²) in [5.41, 5.74) is 28.5. The number of nitrogens with two attached hydrogens (primary N) is 5. The van der Waals surface area contributed by atoms with E-state index >= 15 is 0 Å². The number of nitrogen functional groups attached to an aromatic ring is 1. The van der Waals surface area contributed by atoms with Crippen LogP contribution in [0.2, 0.25) is 0 Å². The van der Waals surface area contributed by atoms with Crippen molar-refractivity contribution in [3.63, 3.8) is 0 Å². The van der Waals surface area contributed by atoms with Crippen LogP contribution in [0.5, 0.6) is 5.75 Å². The van der Waals surface area contributed by atoms with Gasteiger partial charge in [0.1, 0.15) is 29.7 Å². The van der Waals surface area contributed by atoms with Crippen LogP contribution in [0.1, 0.15) is 49.7 Å². The highest BCUT2D eigenvalue weighted by Gasteiger charge is 2.39. The molecule has 264 valence electrons. The van der Waals surface area contributed by atoms with Gasteiger partial charge in [-0.2, -0.15) is 0 Å². The molecule has 2 aromatic carbocycles. The summed E-state index contributed by atoms with van der Waals surface area (Å²) in [5.74, 6) is -1.39. The van der Waals surface area contributed by atoms with Crippen molar-refractivity contribution in [2.24, 2.45) is 38.7 Å². The van der Waals surface area contributed by atoms with Crippen LogP contribution >= 0.6 is 0 Å². The Kier molecular flexibility index (Phi) is 14.6. The van der Waals surface area contributed by atoms with Gasteiger partial charge in [0.15, 0.2) is 11.9 Å². The van der Waals surface area contributed by atoms with E-state index in [1.807, 2.05) is 0 Å². The van der Waals surface area contributed by atoms with E-state index in [1.54, 1.807) is 54.6 Å². The molecule has 2 aromatic rings. The highest BCUT2D eigenvalue weighted by atomic mass is 16.6. The van der Waals surface area contributed by atoms with E-state index in [1.165, 1.54) is 4.90 Å². The van der Waals surface area contributed by atoms with E-state index < -0.39 is 41.9 Å². The lowest BCUT2D eigenvalue weighted by Crippen LogP contribution is -2.56. The lowest BCUT2D eigenvalue weighted by atomic mass is 10.1. The Bertz CT molecular complexity index is 1490. The van der Waals surface area contributed by atoms with Crippen molar-refractivity contribution in [3.8, 4) is 5.75 Å². The number of hydrogen-bond acceptors (Lipinski definition) is 8. The summed E-state index contributed by atoms with van der Waals surface area (Å²) in [4.78, 5) is 62.9. The number of guanidine groups is 2. The molecule has 1 aliphatic heterocycles. The van der Waals surface area contributed by atoms with Crippen LogP contribution in [-0.4, -0.2) is 84.2 Å².